The molecule has 0 bridgehead atoms. The highest BCUT2D eigenvalue weighted by Gasteiger charge is 2.70. The Hall–Kier alpha value is -3.84. The van der Waals surface area contributed by atoms with Crippen molar-refractivity contribution in [2.45, 2.75) is 75.3 Å². The average Bonchev–Trinajstić information content (AvgIpc) is 3.94. The summed E-state index contributed by atoms with van der Waals surface area (Å²) in [6, 6.07) is 5.71. The number of aromatic hydroxyl groups is 1. The first-order chi connectivity index (χ1) is 22.2. The first-order valence-electron chi connectivity index (χ1n) is 15.8. The van der Waals surface area contributed by atoms with Crippen LogP contribution in [0.5, 0.6) is 5.75 Å². The molecule has 4 heterocycles. The molecule has 4 fully saturated rings. The number of halogens is 2. The molecule has 3 aromatic heterocycles. The first kappa shape index (κ1) is 28.4. The highest BCUT2D eigenvalue weighted by atomic mass is 79.9. The van der Waals surface area contributed by atoms with Gasteiger partial charge in [-0.05, 0) is 96.8 Å². The van der Waals surface area contributed by atoms with Gasteiger partial charge in [0.25, 0.3) is 11.5 Å². The number of amides is 2. The minimum Gasteiger partial charge on any atom is -0.504 e. The number of carbonyl (C=O) groups excluding carboxylic acids is 2. The standard InChI is InChI=1S/C32H30BrClN8O4/c1-14-27(44)25(36-13-35-14)29(46)40-9-8-32(18-5-7-22(18)40)19-11-17(19)26-24(32)28(45)42-31(38-30(33)39-42)41(26)12-23(43)37-21-6-4-16(10-20(21)34)15-2-3-15/h4,6,10,13,15,17-19,22,44H,2-3,5,7-9,11-12H2,1H3,(H,37,43)/t17-,18+,19+,22-,32-/m0/s1. The van der Waals surface area contributed by atoms with E-state index in [-0.39, 0.29) is 63.9 Å². The Bertz CT molecular complexity index is 2080. The van der Waals surface area contributed by atoms with E-state index in [0.29, 0.717) is 46.6 Å². The molecule has 0 unspecified atom stereocenters. The van der Waals surface area contributed by atoms with Crippen LogP contribution in [0.25, 0.3) is 5.78 Å². The summed E-state index contributed by atoms with van der Waals surface area (Å²) >= 11 is 9.92. The van der Waals surface area contributed by atoms with Crippen molar-refractivity contribution in [1.82, 2.24) is 34.0 Å². The lowest BCUT2D eigenvalue weighted by molar-refractivity contribution is -0.116. The van der Waals surface area contributed by atoms with E-state index in [9.17, 15) is 19.5 Å². The molecule has 9 rings (SSSR count). The fourth-order valence-corrected chi connectivity index (χ4v) is 9.36. The highest BCUT2D eigenvalue weighted by molar-refractivity contribution is 9.10. The molecule has 2 amide bonds. The van der Waals surface area contributed by atoms with Gasteiger partial charge in [0.1, 0.15) is 12.9 Å². The maximum Gasteiger partial charge on any atom is 0.279 e. The van der Waals surface area contributed by atoms with Crippen molar-refractivity contribution in [3.05, 3.63) is 72.8 Å². The van der Waals surface area contributed by atoms with Crippen LogP contribution in [0.4, 0.5) is 5.69 Å². The molecule has 4 aliphatic carbocycles. The van der Waals surface area contributed by atoms with Gasteiger partial charge in [-0.15, -0.1) is 5.10 Å². The zero-order chi connectivity index (χ0) is 31.6. The summed E-state index contributed by atoms with van der Waals surface area (Å²) in [5, 5.41) is 18.4. The number of nitrogens with zero attached hydrogens (tertiary/aromatic N) is 7. The van der Waals surface area contributed by atoms with Crippen molar-refractivity contribution in [2.75, 3.05) is 11.9 Å². The normalized spacial score (nSPS) is 27.2. The van der Waals surface area contributed by atoms with Crippen LogP contribution in [-0.4, -0.2) is 63.5 Å². The second-order valence-corrected chi connectivity index (χ2v) is 14.6. The molecule has 1 aromatic carbocycles. The van der Waals surface area contributed by atoms with E-state index < -0.39 is 5.41 Å². The Morgan fingerprint density at radius 3 is 2.74 bits per heavy atom. The van der Waals surface area contributed by atoms with E-state index in [0.717, 1.165) is 37.8 Å². The summed E-state index contributed by atoms with van der Waals surface area (Å²) in [6.45, 7) is 2.02. The van der Waals surface area contributed by atoms with Gasteiger partial charge in [-0.1, -0.05) is 17.7 Å². The minimum absolute atomic E-state index is 0.00930. The summed E-state index contributed by atoms with van der Waals surface area (Å²) in [6.07, 6.45) is 6.82. The highest BCUT2D eigenvalue weighted by Crippen LogP contribution is 2.72. The van der Waals surface area contributed by atoms with Crippen molar-refractivity contribution in [1.29, 1.82) is 0 Å². The topological polar surface area (TPSA) is 148 Å². The molecule has 1 aliphatic heterocycles. The van der Waals surface area contributed by atoms with E-state index in [2.05, 4.69) is 41.3 Å². The zero-order valence-corrected chi connectivity index (χ0v) is 27.3. The van der Waals surface area contributed by atoms with Crippen molar-refractivity contribution < 1.29 is 14.7 Å². The number of hydrogen-bond acceptors (Lipinski definition) is 8. The van der Waals surface area contributed by atoms with Gasteiger partial charge >= 0.3 is 0 Å². The molecule has 1 saturated heterocycles. The molecule has 12 nitrogen and oxygen atoms in total. The summed E-state index contributed by atoms with van der Waals surface area (Å²) < 4.78 is 3.44. The Balaban J connectivity index is 1.08. The van der Waals surface area contributed by atoms with Gasteiger partial charge < -0.3 is 19.9 Å². The van der Waals surface area contributed by atoms with Crippen LogP contribution in [0.3, 0.4) is 0 Å². The van der Waals surface area contributed by atoms with Crippen LogP contribution in [0.15, 0.2) is 34.1 Å². The molecule has 46 heavy (non-hydrogen) atoms. The summed E-state index contributed by atoms with van der Waals surface area (Å²) in [5.74, 6) is 0.509. The maximum absolute atomic E-state index is 14.3. The van der Waals surface area contributed by atoms with Crippen molar-refractivity contribution in [2.24, 2.45) is 11.8 Å². The first-order valence-corrected chi connectivity index (χ1v) is 16.9. The van der Waals surface area contributed by atoms with Crippen LogP contribution in [0.1, 0.15) is 83.4 Å². The van der Waals surface area contributed by atoms with Gasteiger partial charge in [0.15, 0.2) is 11.4 Å². The number of aromatic nitrogens is 6. The summed E-state index contributed by atoms with van der Waals surface area (Å²) in [4.78, 5) is 56.1. The maximum atomic E-state index is 14.3. The third kappa shape index (κ3) is 3.93. The third-order valence-electron chi connectivity index (χ3n) is 11.2. The average molecular weight is 706 g/mol. The van der Waals surface area contributed by atoms with Gasteiger partial charge in [0.05, 0.1) is 16.4 Å². The van der Waals surface area contributed by atoms with Crippen molar-refractivity contribution >= 4 is 50.8 Å². The van der Waals surface area contributed by atoms with Crippen LogP contribution in [-0.2, 0) is 16.8 Å². The molecule has 5 atom stereocenters. The Labute approximate surface area is 276 Å². The van der Waals surface area contributed by atoms with Crippen LogP contribution < -0.4 is 10.9 Å². The number of fused-ring (bicyclic) bond motifs is 8. The van der Waals surface area contributed by atoms with E-state index in [1.807, 2.05) is 27.7 Å². The predicted molar refractivity (Wildman–Crippen MR) is 170 cm³/mol. The van der Waals surface area contributed by atoms with E-state index >= 15 is 0 Å². The van der Waals surface area contributed by atoms with E-state index in [4.69, 9.17) is 11.6 Å². The Morgan fingerprint density at radius 1 is 1.17 bits per heavy atom. The fourth-order valence-electron chi connectivity index (χ4n) is 8.81. The van der Waals surface area contributed by atoms with Gasteiger partial charge in [-0.3, -0.25) is 14.4 Å². The molecule has 0 radical (unpaired) electrons. The SMILES string of the molecule is Cc1ncnc(C(=O)N2CC[C@]3(c4c(n(CC(=O)Nc5ccc(C6CC6)cc5Cl)c5nc(Br)nn5c4=O)[C@H]4C[C@H]43)[C@@H]3CC[C@@H]32)c1O. The number of anilines is 1. The smallest absolute Gasteiger partial charge is 0.279 e. The molecule has 1 spiro atoms. The lowest BCUT2D eigenvalue weighted by atomic mass is 9.54. The molecule has 236 valence electrons. The van der Waals surface area contributed by atoms with Crippen LogP contribution >= 0.6 is 27.5 Å². The van der Waals surface area contributed by atoms with Crippen molar-refractivity contribution in [3.8, 4) is 5.75 Å². The Kier molecular flexibility index (Phi) is 6.07. The number of nitrogens with one attached hydrogen (secondary N) is 1. The fraction of sp³-hybridized carbons (Fsp3) is 0.469. The lowest BCUT2D eigenvalue weighted by Gasteiger charge is -2.58. The number of aryl methyl sites for hydroxylation is 1. The molecular weight excluding hydrogens is 676 g/mol. The number of rotatable bonds is 5. The number of hydrogen-bond donors (Lipinski definition) is 2. The number of carbonyl (C=O) groups is 2. The van der Waals surface area contributed by atoms with Crippen LogP contribution in [0.2, 0.25) is 5.02 Å². The zero-order valence-electron chi connectivity index (χ0n) is 24.9. The molecule has 14 heteroatoms. The Morgan fingerprint density at radius 2 is 2.00 bits per heavy atom. The van der Waals surface area contributed by atoms with Crippen molar-refractivity contribution in [3.63, 3.8) is 0 Å². The quantitative estimate of drug-likeness (QED) is 0.313. The number of benzene rings is 1. The largest absolute Gasteiger partial charge is 0.504 e. The van der Waals surface area contributed by atoms with E-state index in [1.165, 1.54) is 16.4 Å². The molecule has 3 saturated carbocycles. The van der Waals surface area contributed by atoms with Gasteiger partial charge in [0.2, 0.25) is 16.4 Å². The second-order valence-electron chi connectivity index (χ2n) is 13.5. The predicted octanol–water partition coefficient (Wildman–Crippen LogP) is 4.31. The van der Waals surface area contributed by atoms with Gasteiger partial charge in [-0.25, -0.2) is 9.97 Å². The second kappa shape index (κ2) is 9.83. The summed E-state index contributed by atoms with van der Waals surface area (Å²) in [7, 11) is 0. The summed E-state index contributed by atoms with van der Waals surface area (Å²) in [5.41, 5.74) is 3.03. The number of likely N-dealkylation sites (tertiary alicyclic amines) is 1. The van der Waals surface area contributed by atoms with Crippen LogP contribution in [0, 0.1) is 18.8 Å². The minimum atomic E-state index is -0.437. The lowest BCUT2D eigenvalue weighted by Crippen LogP contribution is -2.64. The molecule has 2 N–H and O–H groups in total. The van der Waals surface area contributed by atoms with Gasteiger partial charge in [-0.2, -0.15) is 9.50 Å². The number of piperidine rings is 1. The van der Waals surface area contributed by atoms with Gasteiger partial charge in [0, 0.05) is 35.2 Å². The third-order valence-corrected chi connectivity index (χ3v) is 11.8. The monoisotopic (exact) mass is 704 g/mol. The molecule has 4 aromatic rings. The van der Waals surface area contributed by atoms with E-state index in [1.54, 1.807) is 6.92 Å². The molecule has 5 aliphatic rings. The molecular formula is C32H30BrClN8O4.